The largest absolute Gasteiger partial charge is 0.379 e. The molecule has 0 saturated carbocycles. The summed E-state index contributed by atoms with van der Waals surface area (Å²) in [5, 5.41) is 0. The lowest BCUT2D eigenvalue weighted by atomic mass is 10.1. The maximum absolute atomic E-state index is 12.7. The van der Waals surface area contributed by atoms with E-state index < -0.39 is 15.9 Å². The number of carbonyl (C=O) groups excluding carboxylic acids is 1. The minimum absolute atomic E-state index is 0.0789. The topological polar surface area (TPSA) is 102 Å². The van der Waals surface area contributed by atoms with E-state index in [4.69, 9.17) is 15.2 Å². The summed E-state index contributed by atoms with van der Waals surface area (Å²) in [6, 6.07) is 4.55. The summed E-state index contributed by atoms with van der Waals surface area (Å²) in [6.07, 6.45) is 0. The van der Waals surface area contributed by atoms with Gasteiger partial charge in [0.1, 0.15) is 0 Å². The van der Waals surface area contributed by atoms with Gasteiger partial charge in [0, 0.05) is 31.9 Å². The van der Waals surface area contributed by atoms with Crippen LogP contribution in [0.5, 0.6) is 0 Å². The summed E-state index contributed by atoms with van der Waals surface area (Å²) in [5.41, 5.74) is 6.35. The normalized spacial score (nSPS) is 20.1. The van der Waals surface area contributed by atoms with Gasteiger partial charge < -0.3 is 20.1 Å². The van der Waals surface area contributed by atoms with Crippen LogP contribution in [0.15, 0.2) is 23.1 Å². The second-order valence-electron chi connectivity index (χ2n) is 5.66. The highest BCUT2D eigenvalue weighted by molar-refractivity contribution is 7.89. The molecule has 1 aromatic carbocycles. The van der Waals surface area contributed by atoms with Crippen molar-refractivity contribution in [2.75, 3.05) is 57.5 Å². The number of amides is 1. The van der Waals surface area contributed by atoms with Crippen molar-refractivity contribution in [2.45, 2.75) is 4.90 Å². The predicted octanol–water partition coefficient (Wildman–Crippen LogP) is -0.357. The highest BCUT2D eigenvalue weighted by atomic mass is 32.2. The summed E-state index contributed by atoms with van der Waals surface area (Å²) in [7, 11) is -3.66. The monoisotopic (exact) mass is 355 g/mol. The quantitative estimate of drug-likeness (QED) is 0.792. The number of hydrogen-bond donors (Lipinski definition) is 1. The molecule has 8 nitrogen and oxygen atoms in total. The molecule has 0 radical (unpaired) electrons. The zero-order chi connectivity index (χ0) is 17.2. The van der Waals surface area contributed by atoms with Gasteiger partial charge in [-0.25, -0.2) is 8.42 Å². The number of hydrogen-bond acceptors (Lipinski definition) is 6. The van der Waals surface area contributed by atoms with Crippen molar-refractivity contribution in [3.63, 3.8) is 0 Å². The van der Waals surface area contributed by atoms with Crippen LogP contribution < -0.4 is 10.6 Å². The first kappa shape index (κ1) is 17.2. The van der Waals surface area contributed by atoms with Crippen LogP contribution in [0.3, 0.4) is 0 Å². The number of rotatable bonds is 4. The van der Waals surface area contributed by atoms with Crippen LogP contribution >= 0.6 is 0 Å². The molecule has 1 aromatic rings. The maximum Gasteiger partial charge on any atom is 0.250 e. The fourth-order valence-corrected chi connectivity index (χ4v) is 4.32. The number of nitrogens with zero attached hydrogens (tertiary/aromatic N) is 2. The van der Waals surface area contributed by atoms with E-state index in [0.29, 0.717) is 58.3 Å². The lowest BCUT2D eigenvalue weighted by molar-refractivity contribution is 0.0730. The molecule has 0 unspecified atom stereocenters. The molecule has 2 heterocycles. The lowest BCUT2D eigenvalue weighted by Crippen LogP contribution is -2.41. The van der Waals surface area contributed by atoms with Crippen LogP contribution in [0, 0.1) is 0 Å². The third-order valence-electron chi connectivity index (χ3n) is 4.19. The highest BCUT2D eigenvalue weighted by Gasteiger charge is 2.28. The summed E-state index contributed by atoms with van der Waals surface area (Å²) in [6.45, 7) is 3.74. The molecule has 2 N–H and O–H groups in total. The molecule has 2 saturated heterocycles. The molecule has 0 atom stereocenters. The Morgan fingerprint density at radius 2 is 1.58 bits per heavy atom. The lowest BCUT2D eigenvalue weighted by Gasteiger charge is -2.31. The van der Waals surface area contributed by atoms with Gasteiger partial charge in [-0.1, -0.05) is 0 Å². The van der Waals surface area contributed by atoms with Gasteiger partial charge in [-0.3, -0.25) is 4.79 Å². The van der Waals surface area contributed by atoms with E-state index in [1.165, 1.54) is 16.4 Å². The van der Waals surface area contributed by atoms with Crippen molar-refractivity contribution < 1.29 is 22.7 Å². The van der Waals surface area contributed by atoms with E-state index >= 15 is 0 Å². The maximum atomic E-state index is 12.7. The Kier molecular flexibility index (Phi) is 5.04. The van der Waals surface area contributed by atoms with Crippen LogP contribution in [-0.4, -0.2) is 71.2 Å². The molecular weight excluding hydrogens is 334 g/mol. The van der Waals surface area contributed by atoms with Gasteiger partial charge in [-0.15, -0.1) is 0 Å². The Hall–Kier alpha value is -1.68. The fourth-order valence-electron chi connectivity index (χ4n) is 2.89. The summed E-state index contributed by atoms with van der Waals surface area (Å²) < 4.78 is 37.3. The van der Waals surface area contributed by atoms with Crippen LogP contribution in [-0.2, 0) is 19.5 Å². The average Bonchev–Trinajstić information content (AvgIpc) is 2.62. The molecule has 0 aliphatic carbocycles. The van der Waals surface area contributed by atoms with Gasteiger partial charge in [-0.05, 0) is 18.2 Å². The predicted molar refractivity (Wildman–Crippen MR) is 87.6 cm³/mol. The number of anilines is 1. The van der Waals surface area contributed by atoms with Crippen molar-refractivity contribution in [2.24, 2.45) is 5.73 Å². The molecule has 2 fully saturated rings. The standard InChI is InChI=1S/C15H21N3O5S/c16-15(19)13-11-12(24(20,21)18-5-9-23-10-6-18)1-2-14(13)17-3-7-22-8-4-17/h1-2,11H,3-10H2,(H2,16,19). The molecule has 3 rings (SSSR count). The van der Waals surface area contributed by atoms with Crippen LogP contribution in [0.25, 0.3) is 0 Å². The molecule has 2 aliphatic heterocycles. The smallest absolute Gasteiger partial charge is 0.250 e. The zero-order valence-corrected chi connectivity index (χ0v) is 14.1. The number of ether oxygens (including phenoxy) is 2. The Bertz CT molecular complexity index is 710. The van der Waals surface area contributed by atoms with Crippen molar-refractivity contribution in [3.05, 3.63) is 23.8 Å². The fraction of sp³-hybridized carbons (Fsp3) is 0.533. The Labute approximate surface area is 141 Å². The first-order valence-corrected chi connectivity index (χ1v) is 9.28. The molecule has 2 aliphatic rings. The van der Waals surface area contributed by atoms with E-state index in [2.05, 4.69) is 0 Å². The van der Waals surface area contributed by atoms with Crippen molar-refractivity contribution >= 4 is 21.6 Å². The van der Waals surface area contributed by atoms with Crippen LogP contribution in [0.1, 0.15) is 10.4 Å². The number of sulfonamides is 1. The minimum atomic E-state index is -3.66. The third-order valence-corrected chi connectivity index (χ3v) is 6.09. The van der Waals surface area contributed by atoms with Gasteiger partial charge in [0.05, 0.1) is 36.9 Å². The summed E-state index contributed by atoms with van der Waals surface area (Å²) in [5.74, 6) is -0.643. The van der Waals surface area contributed by atoms with Crippen LogP contribution in [0.4, 0.5) is 5.69 Å². The average molecular weight is 355 g/mol. The summed E-state index contributed by atoms with van der Waals surface area (Å²) >= 11 is 0. The van der Waals surface area contributed by atoms with E-state index in [0.717, 1.165) is 0 Å². The first-order chi connectivity index (χ1) is 11.5. The number of carbonyl (C=O) groups is 1. The SMILES string of the molecule is NC(=O)c1cc(S(=O)(=O)N2CCOCC2)ccc1N1CCOCC1. The number of nitrogens with two attached hydrogens (primary N) is 1. The molecule has 1 amide bonds. The molecule has 0 spiro atoms. The van der Waals surface area contributed by atoms with Crippen molar-refractivity contribution in [3.8, 4) is 0 Å². The first-order valence-electron chi connectivity index (χ1n) is 7.84. The Balaban J connectivity index is 1.95. The minimum Gasteiger partial charge on any atom is -0.379 e. The number of benzene rings is 1. The molecule has 9 heteroatoms. The third kappa shape index (κ3) is 3.39. The zero-order valence-electron chi connectivity index (χ0n) is 13.3. The van der Waals surface area contributed by atoms with E-state index in [9.17, 15) is 13.2 Å². The van der Waals surface area contributed by atoms with Gasteiger partial charge in [0.25, 0.3) is 5.91 Å². The second kappa shape index (κ2) is 7.06. The van der Waals surface area contributed by atoms with Crippen molar-refractivity contribution in [1.82, 2.24) is 4.31 Å². The summed E-state index contributed by atoms with van der Waals surface area (Å²) in [4.78, 5) is 13.9. The van der Waals surface area contributed by atoms with E-state index in [1.54, 1.807) is 6.07 Å². The molecule has 132 valence electrons. The van der Waals surface area contributed by atoms with Gasteiger partial charge in [0.15, 0.2) is 0 Å². The van der Waals surface area contributed by atoms with Crippen LogP contribution in [0.2, 0.25) is 0 Å². The Morgan fingerprint density at radius 3 is 2.17 bits per heavy atom. The molecule has 0 aromatic heterocycles. The van der Waals surface area contributed by atoms with E-state index in [1.807, 2.05) is 4.90 Å². The van der Waals surface area contributed by atoms with Gasteiger partial charge in [-0.2, -0.15) is 4.31 Å². The van der Waals surface area contributed by atoms with Gasteiger partial charge >= 0.3 is 0 Å². The molecular formula is C15H21N3O5S. The Morgan fingerprint density at radius 1 is 1.00 bits per heavy atom. The molecule has 24 heavy (non-hydrogen) atoms. The second-order valence-corrected chi connectivity index (χ2v) is 7.60. The number of primary amides is 1. The molecule has 0 bridgehead atoms. The van der Waals surface area contributed by atoms with E-state index in [-0.39, 0.29) is 10.5 Å². The highest BCUT2D eigenvalue weighted by Crippen LogP contribution is 2.26. The van der Waals surface area contributed by atoms with Crippen molar-refractivity contribution in [1.29, 1.82) is 0 Å². The number of morpholine rings is 2. The van der Waals surface area contributed by atoms with Gasteiger partial charge in [0.2, 0.25) is 10.0 Å².